The van der Waals surface area contributed by atoms with Gasteiger partial charge in [0, 0.05) is 17.4 Å². The first kappa shape index (κ1) is 19.0. The minimum Gasteiger partial charge on any atom is -0.486 e. The Kier molecular flexibility index (Phi) is 4.54. The van der Waals surface area contributed by atoms with Crippen LogP contribution in [-0.2, 0) is 0 Å². The molecule has 0 bridgehead atoms. The lowest BCUT2D eigenvalue weighted by molar-refractivity contribution is 0.102. The summed E-state index contributed by atoms with van der Waals surface area (Å²) in [5.74, 6) is 0.637. The van der Waals surface area contributed by atoms with E-state index in [9.17, 15) is 9.18 Å². The number of nitrogens with zero attached hydrogens (tertiary/aromatic N) is 3. The number of carbonyl (C=O) groups excluding carboxylic acids is 1. The molecule has 0 saturated heterocycles. The molecule has 0 unspecified atom stereocenters. The summed E-state index contributed by atoms with van der Waals surface area (Å²) in [7, 11) is 0. The fourth-order valence-corrected chi connectivity index (χ4v) is 3.67. The molecule has 0 radical (unpaired) electrons. The molecule has 1 aliphatic heterocycles. The standard InChI is InChI=1S/C23H19FN4O3/c1-13-11-18(23(29)26-16-5-8-19-20(12-16)31-10-9-30-19)21-14(2)27-28(22(21)25-13)17-6-3-15(24)4-7-17/h3-8,11-12H,9-10H2,1-2H3,(H,26,29). The van der Waals surface area contributed by atoms with Gasteiger partial charge in [-0.1, -0.05) is 0 Å². The second-order valence-electron chi connectivity index (χ2n) is 7.30. The van der Waals surface area contributed by atoms with Crippen LogP contribution in [0.2, 0.25) is 0 Å². The summed E-state index contributed by atoms with van der Waals surface area (Å²) in [6.07, 6.45) is 0. The van der Waals surface area contributed by atoms with E-state index in [4.69, 9.17) is 9.47 Å². The summed E-state index contributed by atoms with van der Waals surface area (Å²) in [6, 6.07) is 13.0. The van der Waals surface area contributed by atoms with Gasteiger partial charge in [-0.2, -0.15) is 5.10 Å². The highest BCUT2D eigenvalue weighted by molar-refractivity contribution is 6.12. The highest BCUT2D eigenvalue weighted by Crippen LogP contribution is 2.33. The summed E-state index contributed by atoms with van der Waals surface area (Å²) in [5.41, 5.74) is 3.58. The molecule has 31 heavy (non-hydrogen) atoms. The van der Waals surface area contributed by atoms with Crippen molar-refractivity contribution in [3.8, 4) is 17.2 Å². The van der Waals surface area contributed by atoms with Gasteiger partial charge in [-0.15, -0.1) is 0 Å². The zero-order chi connectivity index (χ0) is 21.5. The quantitative estimate of drug-likeness (QED) is 0.540. The third-order valence-corrected chi connectivity index (χ3v) is 5.06. The number of fused-ring (bicyclic) bond motifs is 2. The largest absolute Gasteiger partial charge is 0.486 e. The van der Waals surface area contributed by atoms with Gasteiger partial charge in [0.05, 0.1) is 22.3 Å². The summed E-state index contributed by atoms with van der Waals surface area (Å²) in [4.78, 5) is 17.8. The molecule has 1 amide bonds. The van der Waals surface area contributed by atoms with Crippen LogP contribution in [0.3, 0.4) is 0 Å². The lowest BCUT2D eigenvalue weighted by Crippen LogP contribution is -2.17. The average molecular weight is 418 g/mol. The first-order valence-corrected chi connectivity index (χ1v) is 9.83. The Labute approximate surface area is 177 Å². The molecular weight excluding hydrogens is 399 g/mol. The van der Waals surface area contributed by atoms with Crippen molar-refractivity contribution in [2.75, 3.05) is 18.5 Å². The summed E-state index contributed by atoms with van der Waals surface area (Å²) in [5, 5.41) is 8.12. The van der Waals surface area contributed by atoms with E-state index < -0.39 is 0 Å². The van der Waals surface area contributed by atoms with E-state index in [1.165, 1.54) is 12.1 Å². The van der Waals surface area contributed by atoms with Crippen LogP contribution < -0.4 is 14.8 Å². The molecule has 0 aliphatic carbocycles. The summed E-state index contributed by atoms with van der Waals surface area (Å²) >= 11 is 0. The molecule has 8 heteroatoms. The highest BCUT2D eigenvalue weighted by atomic mass is 19.1. The van der Waals surface area contributed by atoms with Gasteiger partial charge in [0.1, 0.15) is 19.0 Å². The Balaban J connectivity index is 1.55. The van der Waals surface area contributed by atoms with Crippen LogP contribution in [0.25, 0.3) is 16.7 Å². The van der Waals surface area contributed by atoms with E-state index in [0.717, 1.165) is 0 Å². The predicted molar refractivity (Wildman–Crippen MR) is 114 cm³/mol. The van der Waals surface area contributed by atoms with Crippen molar-refractivity contribution in [3.63, 3.8) is 0 Å². The smallest absolute Gasteiger partial charge is 0.256 e. The zero-order valence-electron chi connectivity index (χ0n) is 17.0. The third-order valence-electron chi connectivity index (χ3n) is 5.06. The molecule has 3 heterocycles. The Bertz CT molecular complexity index is 1310. The minimum absolute atomic E-state index is 0.283. The Morgan fingerprint density at radius 3 is 2.55 bits per heavy atom. The first-order chi connectivity index (χ1) is 15.0. The molecule has 0 saturated carbocycles. The van der Waals surface area contributed by atoms with Crippen molar-refractivity contribution >= 4 is 22.6 Å². The number of nitrogens with one attached hydrogen (secondary N) is 1. The van der Waals surface area contributed by atoms with Gasteiger partial charge < -0.3 is 14.8 Å². The van der Waals surface area contributed by atoms with E-state index in [2.05, 4.69) is 15.4 Å². The number of hydrogen-bond donors (Lipinski definition) is 1. The number of hydrogen-bond acceptors (Lipinski definition) is 5. The van der Waals surface area contributed by atoms with Gasteiger partial charge in [-0.3, -0.25) is 4.79 Å². The van der Waals surface area contributed by atoms with Crippen LogP contribution in [0.4, 0.5) is 10.1 Å². The monoisotopic (exact) mass is 418 g/mol. The number of benzene rings is 2. The molecule has 2 aromatic carbocycles. The molecule has 1 aliphatic rings. The molecule has 0 atom stereocenters. The maximum absolute atomic E-state index is 13.4. The van der Waals surface area contributed by atoms with E-state index in [-0.39, 0.29) is 11.7 Å². The van der Waals surface area contributed by atoms with E-state index >= 15 is 0 Å². The number of aryl methyl sites for hydroxylation is 2. The Morgan fingerprint density at radius 1 is 1.03 bits per heavy atom. The molecule has 0 fully saturated rings. The van der Waals surface area contributed by atoms with Gasteiger partial charge in [0.2, 0.25) is 0 Å². The van der Waals surface area contributed by atoms with E-state index in [1.807, 2.05) is 13.8 Å². The van der Waals surface area contributed by atoms with E-state index in [1.54, 1.807) is 41.1 Å². The molecule has 7 nitrogen and oxygen atoms in total. The van der Waals surface area contributed by atoms with Crippen molar-refractivity contribution < 1.29 is 18.7 Å². The second kappa shape index (κ2) is 7.39. The first-order valence-electron chi connectivity index (χ1n) is 9.83. The summed E-state index contributed by atoms with van der Waals surface area (Å²) < 4.78 is 26.1. The number of pyridine rings is 1. The van der Waals surface area contributed by atoms with Crippen LogP contribution in [-0.4, -0.2) is 33.9 Å². The topological polar surface area (TPSA) is 78.3 Å². The SMILES string of the molecule is Cc1cc(C(=O)Nc2ccc3c(c2)OCCO3)c2c(C)nn(-c3ccc(F)cc3)c2n1. The third kappa shape index (κ3) is 3.46. The average Bonchev–Trinajstić information content (AvgIpc) is 3.09. The molecular formula is C23H19FN4O3. The number of carbonyl (C=O) groups is 1. The number of halogens is 1. The fraction of sp³-hybridized carbons (Fsp3) is 0.174. The number of aromatic nitrogens is 3. The van der Waals surface area contributed by atoms with Crippen molar-refractivity contribution in [2.45, 2.75) is 13.8 Å². The molecule has 2 aromatic heterocycles. The number of amides is 1. The van der Waals surface area contributed by atoms with Crippen LogP contribution >= 0.6 is 0 Å². The maximum atomic E-state index is 13.4. The highest BCUT2D eigenvalue weighted by Gasteiger charge is 2.20. The molecule has 5 rings (SSSR count). The second-order valence-corrected chi connectivity index (χ2v) is 7.30. The van der Waals surface area contributed by atoms with Gasteiger partial charge in [-0.05, 0) is 56.3 Å². The number of rotatable bonds is 3. The minimum atomic E-state index is -0.333. The van der Waals surface area contributed by atoms with Crippen LogP contribution in [0.5, 0.6) is 11.5 Å². The summed E-state index contributed by atoms with van der Waals surface area (Å²) in [6.45, 7) is 4.61. The Hall–Kier alpha value is -3.94. The number of ether oxygens (including phenoxy) is 2. The van der Waals surface area contributed by atoms with Crippen molar-refractivity contribution in [3.05, 3.63) is 71.3 Å². The van der Waals surface area contributed by atoms with Crippen molar-refractivity contribution in [2.24, 2.45) is 0 Å². The van der Waals surface area contributed by atoms with Crippen LogP contribution in [0.1, 0.15) is 21.7 Å². The van der Waals surface area contributed by atoms with Gasteiger partial charge in [0.25, 0.3) is 5.91 Å². The van der Waals surface area contributed by atoms with E-state index in [0.29, 0.717) is 64.1 Å². The van der Waals surface area contributed by atoms with Crippen molar-refractivity contribution in [1.82, 2.24) is 14.8 Å². The van der Waals surface area contributed by atoms with Crippen LogP contribution in [0, 0.1) is 19.7 Å². The fourth-order valence-electron chi connectivity index (χ4n) is 3.67. The lowest BCUT2D eigenvalue weighted by atomic mass is 10.1. The normalized spacial score (nSPS) is 12.7. The zero-order valence-corrected chi connectivity index (χ0v) is 17.0. The van der Waals surface area contributed by atoms with Crippen molar-refractivity contribution in [1.29, 1.82) is 0 Å². The number of anilines is 1. The van der Waals surface area contributed by atoms with Gasteiger partial charge in [0.15, 0.2) is 17.1 Å². The van der Waals surface area contributed by atoms with Gasteiger partial charge in [-0.25, -0.2) is 14.1 Å². The predicted octanol–water partition coefficient (Wildman–Crippen LogP) is 4.20. The maximum Gasteiger partial charge on any atom is 0.256 e. The lowest BCUT2D eigenvalue weighted by Gasteiger charge is -2.19. The molecule has 4 aromatic rings. The molecule has 156 valence electrons. The van der Waals surface area contributed by atoms with Gasteiger partial charge >= 0.3 is 0 Å². The molecule has 1 N–H and O–H groups in total. The van der Waals surface area contributed by atoms with Crippen LogP contribution in [0.15, 0.2) is 48.5 Å². The molecule has 0 spiro atoms. The Morgan fingerprint density at radius 2 is 1.77 bits per heavy atom.